The Kier molecular flexibility index (Phi) is 33.6. The van der Waals surface area contributed by atoms with E-state index in [0.717, 1.165) is 38.5 Å². The fourth-order valence-corrected chi connectivity index (χ4v) is 4.87. The first-order chi connectivity index (χ1) is 21.7. The topological polar surface area (TPSA) is 69.6 Å². The number of carbonyl (C=O) groups excluding carboxylic acids is 1. The Labute approximate surface area is 272 Å². The van der Waals surface area contributed by atoms with Gasteiger partial charge < -0.3 is 15.5 Å². The van der Waals surface area contributed by atoms with Crippen LogP contribution in [0.25, 0.3) is 0 Å². The molecule has 4 heteroatoms. The Bertz CT molecular complexity index is 792. The second kappa shape index (κ2) is 35.3. The Balaban J connectivity index is 3.82. The van der Waals surface area contributed by atoms with Crippen molar-refractivity contribution in [2.75, 3.05) is 6.61 Å². The highest BCUT2D eigenvalue weighted by molar-refractivity contribution is 5.76. The van der Waals surface area contributed by atoms with Crippen LogP contribution in [-0.4, -0.2) is 34.9 Å². The van der Waals surface area contributed by atoms with Gasteiger partial charge >= 0.3 is 0 Å². The monoisotopic (exact) mass is 612 g/mol. The van der Waals surface area contributed by atoms with Gasteiger partial charge in [-0.15, -0.1) is 0 Å². The fourth-order valence-electron chi connectivity index (χ4n) is 4.87. The van der Waals surface area contributed by atoms with Crippen LogP contribution in [0, 0.1) is 0 Å². The van der Waals surface area contributed by atoms with Crippen molar-refractivity contribution in [2.24, 2.45) is 0 Å². The van der Waals surface area contributed by atoms with E-state index in [1.165, 1.54) is 96.3 Å². The third kappa shape index (κ3) is 31.3. The summed E-state index contributed by atoms with van der Waals surface area (Å²) in [4.78, 5) is 12.3. The maximum absolute atomic E-state index is 12.3. The molecule has 0 aromatic rings. The minimum Gasteiger partial charge on any atom is -0.394 e. The van der Waals surface area contributed by atoms with Gasteiger partial charge in [0.1, 0.15) is 0 Å². The third-order valence-corrected chi connectivity index (χ3v) is 7.72. The highest BCUT2D eigenvalue weighted by Crippen LogP contribution is 2.10. The zero-order valence-electron chi connectivity index (χ0n) is 28.6. The first kappa shape index (κ1) is 41.8. The third-order valence-electron chi connectivity index (χ3n) is 7.72. The molecule has 0 bridgehead atoms. The molecule has 0 aliphatic rings. The van der Waals surface area contributed by atoms with Gasteiger partial charge in [-0.3, -0.25) is 4.79 Å². The number of carbonyl (C=O) groups is 1. The van der Waals surface area contributed by atoms with E-state index in [4.69, 9.17) is 0 Å². The van der Waals surface area contributed by atoms with Gasteiger partial charge in [0.05, 0.1) is 18.8 Å². The summed E-state index contributed by atoms with van der Waals surface area (Å²) >= 11 is 0. The zero-order valence-corrected chi connectivity index (χ0v) is 28.6. The van der Waals surface area contributed by atoms with E-state index in [1.807, 2.05) is 6.08 Å². The molecule has 2 atom stereocenters. The quantitative estimate of drug-likeness (QED) is 0.0415. The summed E-state index contributed by atoms with van der Waals surface area (Å²) in [5, 5.41) is 22.7. The standard InChI is InChI=1S/C40H69NO3/c1-3-5-7-9-11-13-15-16-17-18-19-20-21-22-23-24-26-28-30-32-34-36-40(44)41-38(37-42)39(43)35-33-31-29-27-25-14-12-10-8-6-4-2/h17-18,20-21,23-24,28-31,33,35,38-39,42-43H,3-16,19,22,25-27,32,34,36-37H2,1-2H3,(H,41,44)/b18-17+,21-20+,24-23+,30-28+,31-29+,35-33+/t38-,39+/m0/s1. The molecule has 0 unspecified atom stereocenters. The molecule has 0 aliphatic heterocycles. The van der Waals surface area contributed by atoms with E-state index in [9.17, 15) is 15.0 Å². The minimum atomic E-state index is -0.912. The van der Waals surface area contributed by atoms with Gasteiger partial charge in [-0.05, 0) is 57.8 Å². The van der Waals surface area contributed by atoms with E-state index in [1.54, 1.807) is 12.2 Å². The van der Waals surface area contributed by atoms with E-state index in [2.05, 4.69) is 73.8 Å². The summed E-state index contributed by atoms with van der Waals surface area (Å²) < 4.78 is 0. The van der Waals surface area contributed by atoms with Crippen molar-refractivity contribution >= 4 is 5.91 Å². The van der Waals surface area contributed by atoms with Crippen molar-refractivity contribution in [1.82, 2.24) is 5.32 Å². The predicted molar refractivity (Wildman–Crippen MR) is 193 cm³/mol. The van der Waals surface area contributed by atoms with Gasteiger partial charge in [0.2, 0.25) is 5.91 Å². The SMILES string of the molecule is CCCCCCCCC/C=C/C=C/[C@@H](O)[C@H](CO)NC(=O)CCC/C=C/C/C=C/C/C=C/C/C=C/CCCCCCCCC. The maximum atomic E-state index is 12.3. The van der Waals surface area contributed by atoms with Crippen molar-refractivity contribution in [3.63, 3.8) is 0 Å². The summed E-state index contributed by atoms with van der Waals surface area (Å²) in [6, 6.07) is -0.684. The second-order valence-electron chi connectivity index (χ2n) is 12.0. The van der Waals surface area contributed by atoms with Crippen LogP contribution in [0.4, 0.5) is 0 Å². The first-order valence-corrected chi connectivity index (χ1v) is 18.2. The number of rotatable bonds is 31. The normalized spacial score (nSPS) is 14.0. The highest BCUT2D eigenvalue weighted by Gasteiger charge is 2.17. The van der Waals surface area contributed by atoms with E-state index < -0.39 is 12.1 Å². The summed E-state index contributed by atoms with van der Waals surface area (Å²) in [5.74, 6) is -0.140. The summed E-state index contributed by atoms with van der Waals surface area (Å²) in [6.45, 7) is 4.21. The Hall–Kier alpha value is -2.17. The lowest BCUT2D eigenvalue weighted by atomic mass is 10.1. The van der Waals surface area contributed by atoms with Crippen LogP contribution in [0.15, 0.2) is 72.9 Å². The first-order valence-electron chi connectivity index (χ1n) is 18.2. The van der Waals surface area contributed by atoms with Crippen LogP contribution >= 0.6 is 0 Å². The predicted octanol–water partition coefficient (Wildman–Crippen LogP) is 10.8. The molecule has 1 amide bonds. The van der Waals surface area contributed by atoms with Crippen LogP contribution in [0.3, 0.4) is 0 Å². The summed E-state index contributed by atoms with van der Waals surface area (Å²) in [7, 11) is 0. The average molecular weight is 612 g/mol. The molecule has 4 nitrogen and oxygen atoms in total. The molecule has 252 valence electrons. The summed E-state index contributed by atoms with van der Waals surface area (Å²) in [6.07, 6.45) is 50.0. The van der Waals surface area contributed by atoms with Crippen molar-refractivity contribution in [2.45, 2.75) is 167 Å². The Morgan fingerprint density at radius 1 is 0.568 bits per heavy atom. The van der Waals surface area contributed by atoms with E-state index >= 15 is 0 Å². The number of aliphatic hydroxyl groups is 2. The molecule has 0 aromatic carbocycles. The lowest BCUT2D eigenvalue weighted by molar-refractivity contribution is -0.122. The van der Waals surface area contributed by atoms with Crippen LogP contribution in [0.2, 0.25) is 0 Å². The van der Waals surface area contributed by atoms with E-state index in [0.29, 0.717) is 6.42 Å². The lowest BCUT2D eigenvalue weighted by Crippen LogP contribution is -2.45. The van der Waals surface area contributed by atoms with Crippen molar-refractivity contribution < 1.29 is 15.0 Å². The average Bonchev–Trinajstić information content (AvgIpc) is 3.03. The Morgan fingerprint density at radius 2 is 1.00 bits per heavy atom. The lowest BCUT2D eigenvalue weighted by Gasteiger charge is -2.19. The van der Waals surface area contributed by atoms with Crippen LogP contribution in [0.5, 0.6) is 0 Å². The van der Waals surface area contributed by atoms with E-state index in [-0.39, 0.29) is 12.5 Å². The molecule has 0 radical (unpaired) electrons. The molecule has 0 aliphatic carbocycles. The molecular formula is C40H69NO3. The molecule has 0 rings (SSSR count). The number of amides is 1. The van der Waals surface area contributed by atoms with Crippen LogP contribution < -0.4 is 5.32 Å². The highest BCUT2D eigenvalue weighted by atomic mass is 16.3. The molecule has 44 heavy (non-hydrogen) atoms. The smallest absolute Gasteiger partial charge is 0.220 e. The van der Waals surface area contributed by atoms with Crippen LogP contribution in [-0.2, 0) is 4.79 Å². The Morgan fingerprint density at radius 3 is 1.50 bits per heavy atom. The van der Waals surface area contributed by atoms with Gasteiger partial charge in [0.25, 0.3) is 0 Å². The largest absolute Gasteiger partial charge is 0.394 e. The van der Waals surface area contributed by atoms with Crippen molar-refractivity contribution in [3.05, 3.63) is 72.9 Å². The van der Waals surface area contributed by atoms with Gasteiger partial charge in [0, 0.05) is 6.42 Å². The zero-order chi connectivity index (χ0) is 32.2. The maximum Gasteiger partial charge on any atom is 0.220 e. The van der Waals surface area contributed by atoms with Crippen molar-refractivity contribution in [3.8, 4) is 0 Å². The molecule has 0 fully saturated rings. The van der Waals surface area contributed by atoms with Crippen LogP contribution in [0.1, 0.15) is 155 Å². The molecule has 0 spiro atoms. The number of aliphatic hydroxyl groups excluding tert-OH is 2. The molecular weight excluding hydrogens is 542 g/mol. The number of hydrogen-bond donors (Lipinski definition) is 3. The second-order valence-corrected chi connectivity index (χ2v) is 12.0. The van der Waals surface area contributed by atoms with Gasteiger partial charge in [0.15, 0.2) is 0 Å². The van der Waals surface area contributed by atoms with Gasteiger partial charge in [-0.1, -0.05) is 164 Å². The number of unbranched alkanes of at least 4 members (excludes halogenated alkanes) is 15. The molecule has 3 N–H and O–H groups in total. The van der Waals surface area contributed by atoms with Gasteiger partial charge in [-0.2, -0.15) is 0 Å². The number of nitrogens with one attached hydrogen (secondary N) is 1. The van der Waals surface area contributed by atoms with Crippen molar-refractivity contribution in [1.29, 1.82) is 0 Å². The molecule has 0 aromatic heterocycles. The number of hydrogen-bond acceptors (Lipinski definition) is 3. The molecule has 0 saturated heterocycles. The minimum absolute atomic E-state index is 0.140. The number of allylic oxidation sites excluding steroid dienone is 11. The summed E-state index contributed by atoms with van der Waals surface area (Å²) in [5.41, 5.74) is 0. The van der Waals surface area contributed by atoms with Gasteiger partial charge in [-0.25, -0.2) is 0 Å². The molecule has 0 heterocycles. The molecule has 0 saturated carbocycles. The fraction of sp³-hybridized carbons (Fsp3) is 0.675.